The second-order valence-electron chi connectivity index (χ2n) is 9.98. The summed E-state index contributed by atoms with van der Waals surface area (Å²) in [5, 5.41) is 0. The Balaban J connectivity index is 2.30. The molecule has 0 amide bonds. The summed E-state index contributed by atoms with van der Waals surface area (Å²) in [6.07, 6.45) is 5.34. The van der Waals surface area contributed by atoms with E-state index in [1.54, 1.807) is 18.2 Å². The van der Waals surface area contributed by atoms with E-state index in [0.717, 1.165) is 45.1 Å². The average Bonchev–Trinajstić information content (AvgIpc) is 2.89. The first-order chi connectivity index (χ1) is 18.2. The lowest BCUT2D eigenvalue weighted by molar-refractivity contribution is 0.357. The van der Waals surface area contributed by atoms with Crippen molar-refractivity contribution in [1.82, 2.24) is 0 Å². The summed E-state index contributed by atoms with van der Waals surface area (Å²) in [7, 11) is 0. The van der Waals surface area contributed by atoms with Gasteiger partial charge in [0.05, 0.1) is 0 Å². The van der Waals surface area contributed by atoms with Gasteiger partial charge in [-0.05, 0) is 110 Å². The van der Waals surface area contributed by atoms with Gasteiger partial charge < -0.3 is 14.2 Å². The van der Waals surface area contributed by atoms with E-state index in [9.17, 15) is 0 Å². The minimum Gasteiger partial charge on any atom is -0.489 e. The van der Waals surface area contributed by atoms with Crippen molar-refractivity contribution >= 4 is 0 Å². The van der Waals surface area contributed by atoms with Crippen LogP contribution >= 0.6 is 0 Å². The first-order valence-corrected chi connectivity index (χ1v) is 13.2. The van der Waals surface area contributed by atoms with E-state index >= 15 is 0 Å². The van der Waals surface area contributed by atoms with Crippen molar-refractivity contribution in [3.63, 3.8) is 0 Å². The smallest absolute Gasteiger partial charge is 0.125 e. The Bertz CT molecular complexity index is 1270. The third-order valence-electron chi connectivity index (χ3n) is 7.33. The molecule has 0 heterocycles. The molecule has 0 saturated carbocycles. The normalized spacial score (nSPS) is 10.8. The van der Waals surface area contributed by atoms with Crippen LogP contribution in [0.4, 0.5) is 0 Å². The highest BCUT2D eigenvalue weighted by Crippen LogP contribution is 2.43. The predicted octanol–water partition coefficient (Wildman–Crippen LogP) is 8.72. The molecule has 0 aliphatic rings. The van der Waals surface area contributed by atoms with E-state index < -0.39 is 0 Å². The van der Waals surface area contributed by atoms with Gasteiger partial charge in [0, 0.05) is 5.92 Å². The Hall–Kier alpha value is -3.72. The van der Waals surface area contributed by atoms with Crippen molar-refractivity contribution < 1.29 is 14.2 Å². The van der Waals surface area contributed by atoms with E-state index in [4.69, 9.17) is 14.2 Å². The van der Waals surface area contributed by atoms with Gasteiger partial charge in [-0.1, -0.05) is 62.2 Å². The summed E-state index contributed by atoms with van der Waals surface area (Å²) in [6.45, 7) is 27.9. The van der Waals surface area contributed by atoms with Crippen LogP contribution in [0.3, 0.4) is 0 Å². The molecular formula is C35H42O3. The summed E-state index contributed by atoms with van der Waals surface area (Å²) in [5.41, 5.74) is 11.9. The average molecular weight is 511 g/mol. The number of hydrogen-bond acceptors (Lipinski definition) is 3. The predicted molar refractivity (Wildman–Crippen MR) is 161 cm³/mol. The molecule has 3 nitrogen and oxygen atoms in total. The molecule has 0 aliphatic heterocycles. The Morgan fingerprint density at radius 1 is 0.579 bits per heavy atom. The lowest BCUT2D eigenvalue weighted by atomic mass is 9.78. The van der Waals surface area contributed by atoms with E-state index in [1.165, 1.54) is 27.8 Å². The highest BCUT2D eigenvalue weighted by atomic mass is 16.5. The van der Waals surface area contributed by atoms with Gasteiger partial charge >= 0.3 is 0 Å². The van der Waals surface area contributed by atoms with Crippen LogP contribution in [0.15, 0.2) is 68.3 Å². The van der Waals surface area contributed by atoms with E-state index in [1.807, 2.05) is 0 Å². The maximum atomic E-state index is 6.06. The number of rotatable bonds is 12. The number of aryl methyl sites for hydroxylation is 3. The van der Waals surface area contributed by atoms with Crippen molar-refractivity contribution in [2.45, 2.75) is 54.4 Å². The third-order valence-corrected chi connectivity index (χ3v) is 7.33. The number of ether oxygens (including phenoxy) is 3. The number of benzene rings is 3. The van der Waals surface area contributed by atoms with Crippen LogP contribution in [-0.2, 0) is 0 Å². The monoisotopic (exact) mass is 510 g/mol. The summed E-state index contributed by atoms with van der Waals surface area (Å²) in [4.78, 5) is 0. The molecule has 0 N–H and O–H groups in total. The van der Waals surface area contributed by atoms with E-state index in [0.29, 0.717) is 19.8 Å². The Kier molecular flexibility index (Phi) is 9.63. The molecule has 3 aromatic carbocycles. The number of hydrogen-bond donors (Lipinski definition) is 0. The molecule has 0 spiro atoms. The van der Waals surface area contributed by atoms with Gasteiger partial charge in [0.1, 0.15) is 37.1 Å². The van der Waals surface area contributed by atoms with Crippen LogP contribution in [0, 0.1) is 48.5 Å². The molecule has 38 heavy (non-hydrogen) atoms. The summed E-state index contributed by atoms with van der Waals surface area (Å²) < 4.78 is 18.0. The molecule has 0 saturated heterocycles. The summed E-state index contributed by atoms with van der Waals surface area (Å²) in [6, 6.07) is 11.1. The highest BCUT2D eigenvalue weighted by Gasteiger charge is 2.26. The second kappa shape index (κ2) is 12.7. The van der Waals surface area contributed by atoms with Crippen LogP contribution in [0.2, 0.25) is 0 Å². The molecule has 3 rings (SSSR count). The first kappa shape index (κ1) is 28.8. The minimum absolute atomic E-state index is 0.0267. The van der Waals surface area contributed by atoms with Crippen molar-refractivity contribution in [3.8, 4) is 17.2 Å². The zero-order valence-electron chi connectivity index (χ0n) is 24.2. The maximum absolute atomic E-state index is 6.06. The van der Waals surface area contributed by atoms with E-state index in [2.05, 4.69) is 98.5 Å². The van der Waals surface area contributed by atoms with Crippen LogP contribution in [0.5, 0.6) is 17.2 Å². The summed E-state index contributed by atoms with van der Waals surface area (Å²) >= 11 is 0. The topological polar surface area (TPSA) is 27.7 Å². The SMILES string of the molecule is C=CCOc1ccc(C(c2cc(C)c(OCC=C)c(C)c2C)c2cc(C)c(OCC=C)c(C)c2C)cc1C. The van der Waals surface area contributed by atoms with Gasteiger partial charge in [-0.25, -0.2) is 0 Å². The molecular weight excluding hydrogens is 468 g/mol. The fraction of sp³-hybridized carbons (Fsp3) is 0.314. The second-order valence-corrected chi connectivity index (χ2v) is 9.98. The molecule has 0 radical (unpaired) electrons. The van der Waals surface area contributed by atoms with Crippen molar-refractivity contribution in [1.29, 1.82) is 0 Å². The third kappa shape index (κ3) is 5.88. The molecule has 0 aliphatic carbocycles. The van der Waals surface area contributed by atoms with Crippen molar-refractivity contribution in [3.05, 3.63) is 124 Å². The van der Waals surface area contributed by atoms with Gasteiger partial charge in [0.15, 0.2) is 0 Å². The van der Waals surface area contributed by atoms with Crippen molar-refractivity contribution in [2.75, 3.05) is 19.8 Å². The Labute approximate surface area is 229 Å². The molecule has 0 unspecified atom stereocenters. The van der Waals surface area contributed by atoms with E-state index in [-0.39, 0.29) is 5.92 Å². The Morgan fingerprint density at radius 2 is 1.03 bits per heavy atom. The molecule has 3 heteroatoms. The molecule has 0 fully saturated rings. The van der Waals surface area contributed by atoms with Gasteiger partial charge in [-0.3, -0.25) is 0 Å². The lowest BCUT2D eigenvalue weighted by Crippen LogP contribution is -2.12. The molecule has 0 atom stereocenters. The largest absolute Gasteiger partial charge is 0.489 e. The van der Waals surface area contributed by atoms with Crippen LogP contribution < -0.4 is 14.2 Å². The Morgan fingerprint density at radius 3 is 1.45 bits per heavy atom. The molecule has 0 bridgehead atoms. The van der Waals surface area contributed by atoms with Gasteiger partial charge in [-0.15, -0.1) is 0 Å². The minimum atomic E-state index is 0.0267. The molecule has 200 valence electrons. The maximum Gasteiger partial charge on any atom is 0.125 e. The van der Waals surface area contributed by atoms with Gasteiger partial charge in [0.2, 0.25) is 0 Å². The fourth-order valence-corrected chi connectivity index (χ4v) is 5.20. The van der Waals surface area contributed by atoms with Crippen LogP contribution in [-0.4, -0.2) is 19.8 Å². The fourth-order valence-electron chi connectivity index (χ4n) is 5.20. The quantitative estimate of drug-likeness (QED) is 0.180. The highest BCUT2D eigenvalue weighted by molar-refractivity contribution is 5.60. The molecule has 0 aromatic heterocycles. The lowest BCUT2D eigenvalue weighted by Gasteiger charge is -2.28. The standard InChI is InChI=1S/C35H42O3/c1-11-16-36-32-15-14-29(19-22(32)4)33(30-20-23(5)34(37-17-12-2)27(9)25(30)7)31-21-24(6)35(38-18-13-3)28(10)26(31)8/h11-15,19-21,33H,1-3,16-18H2,4-10H3. The molecule has 3 aromatic rings. The first-order valence-electron chi connectivity index (χ1n) is 13.2. The van der Waals surface area contributed by atoms with Gasteiger partial charge in [-0.2, -0.15) is 0 Å². The van der Waals surface area contributed by atoms with Gasteiger partial charge in [0.25, 0.3) is 0 Å². The zero-order chi connectivity index (χ0) is 28.0. The van der Waals surface area contributed by atoms with Crippen LogP contribution in [0.25, 0.3) is 0 Å². The van der Waals surface area contributed by atoms with Crippen molar-refractivity contribution in [2.24, 2.45) is 0 Å². The summed E-state index contributed by atoms with van der Waals surface area (Å²) in [5.74, 6) is 2.78. The van der Waals surface area contributed by atoms with Crippen LogP contribution in [0.1, 0.15) is 61.6 Å². The zero-order valence-corrected chi connectivity index (χ0v) is 24.2.